The highest BCUT2D eigenvalue weighted by atomic mass is 14.9. The van der Waals surface area contributed by atoms with Crippen molar-refractivity contribution in [3.63, 3.8) is 0 Å². The number of hydrogen-bond donors (Lipinski definition) is 1. The summed E-state index contributed by atoms with van der Waals surface area (Å²) in [6, 6.07) is 0.790. The molecule has 0 aromatic rings. The van der Waals surface area contributed by atoms with Crippen molar-refractivity contribution in [2.45, 2.75) is 71.3 Å². The Kier molecular flexibility index (Phi) is 2.81. The van der Waals surface area contributed by atoms with Gasteiger partial charge < -0.3 is 5.32 Å². The second kappa shape index (κ2) is 3.98. The SMILES string of the molecule is CCCC(NC)C12CC3CC(CC(C)(C3)C1)C2. The molecular weight excluding hydrogens is 206 g/mol. The highest BCUT2D eigenvalue weighted by Gasteiger charge is 2.57. The molecule has 98 valence electrons. The van der Waals surface area contributed by atoms with Crippen molar-refractivity contribution in [2.24, 2.45) is 22.7 Å². The van der Waals surface area contributed by atoms with Gasteiger partial charge in [-0.1, -0.05) is 20.3 Å². The zero-order valence-corrected chi connectivity index (χ0v) is 11.9. The molecule has 0 aromatic carbocycles. The summed E-state index contributed by atoms with van der Waals surface area (Å²) in [5.41, 5.74) is 1.37. The van der Waals surface area contributed by atoms with E-state index in [1.165, 1.54) is 44.9 Å². The second-order valence-corrected chi connectivity index (χ2v) is 7.76. The Morgan fingerprint density at radius 1 is 1.18 bits per heavy atom. The molecule has 4 bridgehead atoms. The van der Waals surface area contributed by atoms with Crippen LogP contribution in [0.15, 0.2) is 0 Å². The van der Waals surface area contributed by atoms with Gasteiger partial charge in [0, 0.05) is 6.04 Å². The molecule has 17 heavy (non-hydrogen) atoms. The van der Waals surface area contributed by atoms with E-state index in [2.05, 4.69) is 26.2 Å². The standard InChI is InChI=1S/C16H29N/c1-4-5-14(17-3)16-9-12-6-13(10-16)8-15(2,7-12)11-16/h12-14,17H,4-11H2,1-3H3. The van der Waals surface area contributed by atoms with Crippen molar-refractivity contribution < 1.29 is 0 Å². The van der Waals surface area contributed by atoms with E-state index in [9.17, 15) is 0 Å². The molecule has 4 aliphatic carbocycles. The van der Waals surface area contributed by atoms with Crippen LogP contribution in [-0.2, 0) is 0 Å². The molecule has 4 saturated carbocycles. The molecular formula is C16H29N. The first-order valence-corrected chi connectivity index (χ1v) is 7.76. The van der Waals surface area contributed by atoms with Gasteiger partial charge in [-0.05, 0) is 74.7 Å². The zero-order chi connectivity index (χ0) is 12.1. The average Bonchev–Trinajstić information content (AvgIpc) is 2.22. The lowest BCUT2D eigenvalue weighted by Crippen LogP contribution is -2.58. The van der Waals surface area contributed by atoms with Gasteiger partial charge in [0.1, 0.15) is 0 Å². The predicted octanol–water partition coefficient (Wildman–Crippen LogP) is 3.98. The molecule has 3 atom stereocenters. The van der Waals surface area contributed by atoms with Crippen molar-refractivity contribution >= 4 is 0 Å². The Hall–Kier alpha value is -0.0400. The normalized spacial score (nSPS) is 49.6. The van der Waals surface area contributed by atoms with Gasteiger partial charge in [-0.15, -0.1) is 0 Å². The van der Waals surface area contributed by atoms with Gasteiger partial charge in [-0.3, -0.25) is 0 Å². The first kappa shape index (κ1) is 12.0. The molecule has 0 aromatic heterocycles. The number of rotatable bonds is 4. The lowest BCUT2D eigenvalue weighted by Gasteiger charge is -2.63. The Balaban J connectivity index is 1.87. The van der Waals surface area contributed by atoms with Crippen LogP contribution < -0.4 is 5.32 Å². The molecule has 0 spiro atoms. The third-order valence-corrected chi connectivity index (χ3v) is 6.06. The summed E-state index contributed by atoms with van der Waals surface area (Å²) < 4.78 is 0. The maximum absolute atomic E-state index is 3.68. The second-order valence-electron chi connectivity index (χ2n) is 7.76. The smallest absolute Gasteiger partial charge is 0.0121 e. The molecule has 1 heteroatoms. The van der Waals surface area contributed by atoms with Crippen LogP contribution in [0, 0.1) is 22.7 Å². The molecule has 0 saturated heterocycles. The summed E-state index contributed by atoms with van der Waals surface area (Å²) in [7, 11) is 2.20. The minimum Gasteiger partial charge on any atom is -0.316 e. The van der Waals surface area contributed by atoms with E-state index in [1.807, 2.05) is 0 Å². The average molecular weight is 235 g/mol. The zero-order valence-electron chi connectivity index (χ0n) is 11.9. The Morgan fingerprint density at radius 2 is 1.82 bits per heavy atom. The molecule has 4 fully saturated rings. The van der Waals surface area contributed by atoms with Gasteiger partial charge in [-0.2, -0.15) is 0 Å². The number of nitrogens with one attached hydrogen (secondary N) is 1. The quantitative estimate of drug-likeness (QED) is 0.777. The van der Waals surface area contributed by atoms with Gasteiger partial charge in [0.2, 0.25) is 0 Å². The highest BCUT2D eigenvalue weighted by Crippen LogP contribution is 2.66. The van der Waals surface area contributed by atoms with Gasteiger partial charge in [-0.25, -0.2) is 0 Å². The van der Waals surface area contributed by atoms with E-state index in [4.69, 9.17) is 0 Å². The predicted molar refractivity (Wildman–Crippen MR) is 73.0 cm³/mol. The van der Waals surface area contributed by atoms with Crippen LogP contribution in [-0.4, -0.2) is 13.1 Å². The van der Waals surface area contributed by atoms with Crippen LogP contribution in [0.4, 0.5) is 0 Å². The Morgan fingerprint density at radius 3 is 2.29 bits per heavy atom. The molecule has 0 radical (unpaired) electrons. The maximum atomic E-state index is 3.68. The maximum Gasteiger partial charge on any atom is 0.0121 e. The van der Waals surface area contributed by atoms with Gasteiger partial charge in [0.05, 0.1) is 0 Å². The highest BCUT2D eigenvalue weighted by molar-refractivity contribution is 5.09. The van der Waals surface area contributed by atoms with Crippen molar-refractivity contribution in [3.05, 3.63) is 0 Å². The minimum atomic E-state index is 0.670. The fourth-order valence-corrected chi connectivity index (χ4v) is 6.25. The van der Waals surface area contributed by atoms with Gasteiger partial charge in [0.15, 0.2) is 0 Å². The van der Waals surface area contributed by atoms with Crippen molar-refractivity contribution in [2.75, 3.05) is 7.05 Å². The van der Waals surface area contributed by atoms with Crippen LogP contribution in [0.25, 0.3) is 0 Å². The van der Waals surface area contributed by atoms with E-state index in [1.54, 1.807) is 6.42 Å². The third-order valence-electron chi connectivity index (χ3n) is 6.06. The first-order valence-electron chi connectivity index (χ1n) is 7.76. The van der Waals surface area contributed by atoms with E-state index in [0.717, 1.165) is 17.9 Å². The van der Waals surface area contributed by atoms with E-state index in [-0.39, 0.29) is 0 Å². The molecule has 0 aliphatic heterocycles. The van der Waals surface area contributed by atoms with Crippen LogP contribution in [0.3, 0.4) is 0 Å². The summed E-state index contributed by atoms with van der Waals surface area (Å²) in [4.78, 5) is 0. The molecule has 0 amide bonds. The van der Waals surface area contributed by atoms with Crippen LogP contribution in [0.2, 0.25) is 0 Å². The molecule has 4 aliphatic rings. The molecule has 1 nitrogen and oxygen atoms in total. The van der Waals surface area contributed by atoms with Crippen molar-refractivity contribution in [1.29, 1.82) is 0 Å². The molecule has 3 unspecified atom stereocenters. The van der Waals surface area contributed by atoms with E-state index < -0.39 is 0 Å². The lowest BCUT2D eigenvalue weighted by molar-refractivity contribution is -0.118. The molecule has 1 N–H and O–H groups in total. The van der Waals surface area contributed by atoms with Crippen LogP contribution in [0.1, 0.15) is 65.2 Å². The summed E-state index contributed by atoms with van der Waals surface area (Å²) in [5.74, 6) is 2.13. The molecule has 4 rings (SSSR count). The summed E-state index contributed by atoms with van der Waals surface area (Å²) >= 11 is 0. The van der Waals surface area contributed by atoms with Gasteiger partial charge >= 0.3 is 0 Å². The van der Waals surface area contributed by atoms with E-state index >= 15 is 0 Å². The third kappa shape index (κ3) is 1.85. The fraction of sp³-hybridized carbons (Fsp3) is 1.00. The van der Waals surface area contributed by atoms with Crippen LogP contribution >= 0.6 is 0 Å². The largest absolute Gasteiger partial charge is 0.316 e. The number of hydrogen-bond acceptors (Lipinski definition) is 1. The minimum absolute atomic E-state index is 0.670. The first-order chi connectivity index (χ1) is 8.09. The fourth-order valence-electron chi connectivity index (χ4n) is 6.25. The van der Waals surface area contributed by atoms with E-state index in [0.29, 0.717) is 10.8 Å². The summed E-state index contributed by atoms with van der Waals surface area (Å²) in [6.45, 7) is 4.92. The van der Waals surface area contributed by atoms with Gasteiger partial charge in [0.25, 0.3) is 0 Å². The topological polar surface area (TPSA) is 12.0 Å². The summed E-state index contributed by atoms with van der Waals surface area (Å²) in [5, 5.41) is 3.68. The summed E-state index contributed by atoms with van der Waals surface area (Å²) in [6.07, 6.45) is 11.9. The van der Waals surface area contributed by atoms with Crippen molar-refractivity contribution in [3.8, 4) is 0 Å². The van der Waals surface area contributed by atoms with Crippen molar-refractivity contribution in [1.82, 2.24) is 5.32 Å². The Labute approximate surface area is 107 Å². The Bertz CT molecular complexity index is 282. The molecule has 0 heterocycles. The van der Waals surface area contributed by atoms with Crippen LogP contribution in [0.5, 0.6) is 0 Å². The monoisotopic (exact) mass is 235 g/mol. The lowest BCUT2D eigenvalue weighted by atomic mass is 9.43.